The van der Waals surface area contributed by atoms with Crippen molar-refractivity contribution >= 4 is 76.8 Å². The summed E-state index contributed by atoms with van der Waals surface area (Å²) in [5.74, 6) is 0. The molecule has 3 heterocycles. The number of nitrogens with zero attached hydrogens (tertiary/aromatic N) is 5. The lowest BCUT2D eigenvalue weighted by Gasteiger charge is -2.18. The molecular weight excluding hydrogens is 671 g/mol. The van der Waals surface area contributed by atoms with Crippen LogP contribution in [0.15, 0.2) is 176 Å². The highest BCUT2D eigenvalue weighted by Crippen LogP contribution is 2.45. The maximum Gasteiger partial charge on any atom is 0.218 e. The number of rotatable bonds is 4. The van der Waals surface area contributed by atoms with E-state index in [0.717, 1.165) is 82.8 Å². The van der Waals surface area contributed by atoms with E-state index in [0.29, 0.717) is 11.4 Å². The van der Waals surface area contributed by atoms with E-state index in [2.05, 4.69) is 169 Å². The Morgan fingerprint density at radius 3 is 1.45 bits per heavy atom. The summed E-state index contributed by atoms with van der Waals surface area (Å²) in [6.45, 7) is 16.4. The van der Waals surface area contributed by atoms with Crippen molar-refractivity contribution in [3.63, 3.8) is 0 Å². The molecule has 0 radical (unpaired) electrons. The molecule has 0 spiro atoms. The Morgan fingerprint density at radius 2 is 0.782 bits per heavy atom. The molecule has 11 rings (SSSR count). The average Bonchev–Trinajstić information content (AvgIpc) is 3.89. The predicted molar refractivity (Wildman–Crippen MR) is 227 cm³/mol. The maximum atomic E-state index is 8.75. The van der Waals surface area contributed by atoms with Crippen molar-refractivity contribution in [1.82, 2.24) is 13.7 Å². The Kier molecular flexibility index (Phi) is 6.61. The standard InChI is InChI=1S/C50H29N5/c1-51-32-29-30-45-39(31-32)36-18-6-11-24-43(36)53(45)42-23-10-5-17-35(42)37-20-13-28-48(50(37)52-2)55-44-25-12-7-19-38(44)49-46(26-14-27-47(49)55)54-40-21-8-3-15-33(40)34-16-4-9-22-41(34)54/h3-31H. The number of aromatic nitrogens is 3. The van der Waals surface area contributed by atoms with Crippen LogP contribution >= 0.6 is 0 Å². The van der Waals surface area contributed by atoms with Crippen molar-refractivity contribution in [1.29, 1.82) is 0 Å². The molecule has 0 saturated heterocycles. The summed E-state index contributed by atoms with van der Waals surface area (Å²) in [5.41, 5.74) is 12.4. The highest BCUT2D eigenvalue weighted by Gasteiger charge is 2.23. The third-order valence-electron chi connectivity index (χ3n) is 11.1. The Hall–Kier alpha value is -7.86. The summed E-state index contributed by atoms with van der Waals surface area (Å²) in [5, 5.41) is 6.81. The molecule has 254 valence electrons. The van der Waals surface area contributed by atoms with E-state index >= 15 is 0 Å². The summed E-state index contributed by atoms with van der Waals surface area (Å²) in [7, 11) is 0. The summed E-state index contributed by atoms with van der Waals surface area (Å²) in [4.78, 5) is 8.05. The number of benzene rings is 8. The average molecular weight is 700 g/mol. The van der Waals surface area contributed by atoms with Crippen molar-refractivity contribution in [2.75, 3.05) is 0 Å². The van der Waals surface area contributed by atoms with E-state index in [4.69, 9.17) is 13.1 Å². The van der Waals surface area contributed by atoms with Crippen LogP contribution in [0.25, 0.3) is 103 Å². The van der Waals surface area contributed by atoms with E-state index in [1.807, 2.05) is 30.3 Å². The first kappa shape index (κ1) is 30.7. The first-order valence-corrected chi connectivity index (χ1v) is 18.3. The lowest BCUT2D eigenvalue weighted by Crippen LogP contribution is -1.99. The molecule has 5 heteroatoms. The number of fused-ring (bicyclic) bond motifs is 9. The second-order valence-electron chi connectivity index (χ2n) is 13.9. The quantitative estimate of drug-likeness (QED) is 0.163. The van der Waals surface area contributed by atoms with Crippen LogP contribution in [0, 0.1) is 13.1 Å². The molecule has 3 aromatic heterocycles. The monoisotopic (exact) mass is 699 g/mol. The normalized spacial score (nSPS) is 11.6. The fourth-order valence-electron chi connectivity index (χ4n) is 8.86. The molecule has 0 fully saturated rings. The molecular formula is C50H29N5. The van der Waals surface area contributed by atoms with Gasteiger partial charge in [-0.3, -0.25) is 0 Å². The minimum absolute atomic E-state index is 0.580. The second-order valence-corrected chi connectivity index (χ2v) is 13.9. The third-order valence-corrected chi connectivity index (χ3v) is 11.1. The molecule has 0 bridgehead atoms. The molecule has 0 aliphatic rings. The van der Waals surface area contributed by atoms with Gasteiger partial charge in [-0.25, -0.2) is 9.69 Å². The van der Waals surface area contributed by atoms with Crippen LogP contribution < -0.4 is 0 Å². The zero-order chi connectivity index (χ0) is 36.6. The van der Waals surface area contributed by atoms with Crippen LogP contribution in [-0.4, -0.2) is 13.7 Å². The first-order valence-electron chi connectivity index (χ1n) is 18.3. The molecule has 11 aromatic rings. The van der Waals surface area contributed by atoms with Crippen molar-refractivity contribution in [3.8, 4) is 28.2 Å². The molecule has 0 amide bonds. The predicted octanol–water partition coefficient (Wildman–Crippen LogP) is 13.7. The van der Waals surface area contributed by atoms with Gasteiger partial charge in [0, 0.05) is 26.9 Å². The van der Waals surface area contributed by atoms with Gasteiger partial charge in [-0.2, -0.15) is 0 Å². The largest absolute Gasteiger partial charge is 0.319 e. The summed E-state index contributed by atoms with van der Waals surface area (Å²) in [6, 6.07) is 61.1. The topological polar surface area (TPSA) is 23.5 Å². The highest BCUT2D eigenvalue weighted by molar-refractivity contribution is 6.17. The maximum absolute atomic E-state index is 8.75. The van der Waals surface area contributed by atoms with Crippen LogP contribution in [0.5, 0.6) is 0 Å². The summed E-state index contributed by atoms with van der Waals surface area (Å²) in [6.07, 6.45) is 0. The van der Waals surface area contributed by atoms with Gasteiger partial charge in [-0.1, -0.05) is 115 Å². The van der Waals surface area contributed by atoms with Crippen LogP contribution in [0.2, 0.25) is 0 Å². The minimum Gasteiger partial charge on any atom is -0.319 e. The summed E-state index contributed by atoms with van der Waals surface area (Å²) < 4.78 is 6.93. The van der Waals surface area contributed by atoms with Gasteiger partial charge >= 0.3 is 0 Å². The van der Waals surface area contributed by atoms with E-state index in [9.17, 15) is 0 Å². The van der Waals surface area contributed by atoms with Gasteiger partial charge in [0.15, 0.2) is 5.69 Å². The van der Waals surface area contributed by atoms with E-state index in [1.54, 1.807) is 0 Å². The van der Waals surface area contributed by atoms with Gasteiger partial charge in [0.25, 0.3) is 0 Å². The molecule has 0 N–H and O–H groups in total. The van der Waals surface area contributed by atoms with Crippen molar-refractivity contribution in [2.24, 2.45) is 0 Å². The van der Waals surface area contributed by atoms with E-state index in [-0.39, 0.29) is 0 Å². The SMILES string of the molecule is [C-]#[N+]c1ccc2c(c1)c1ccccc1n2-c1ccccc1-c1cccc(-n2c3ccccc3c3c(-n4c5ccccc5c5ccccc54)cccc32)c1[N+]#[C-]. The van der Waals surface area contributed by atoms with Crippen LogP contribution in [0.4, 0.5) is 11.4 Å². The van der Waals surface area contributed by atoms with E-state index in [1.165, 1.54) is 10.8 Å². The molecule has 0 aliphatic carbocycles. The van der Waals surface area contributed by atoms with Crippen LogP contribution in [0.3, 0.4) is 0 Å². The van der Waals surface area contributed by atoms with Crippen molar-refractivity contribution < 1.29 is 0 Å². The zero-order valence-corrected chi connectivity index (χ0v) is 29.5. The molecule has 0 saturated carbocycles. The van der Waals surface area contributed by atoms with Crippen LogP contribution in [0.1, 0.15) is 0 Å². The molecule has 0 atom stereocenters. The first-order chi connectivity index (χ1) is 27.2. The molecule has 0 unspecified atom stereocenters. The highest BCUT2D eigenvalue weighted by atomic mass is 15.0. The molecule has 8 aromatic carbocycles. The summed E-state index contributed by atoms with van der Waals surface area (Å²) >= 11 is 0. The van der Waals surface area contributed by atoms with Gasteiger partial charge in [0.1, 0.15) is 0 Å². The van der Waals surface area contributed by atoms with Gasteiger partial charge < -0.3 is 13.7 Å². The fraction of sp³-hybridized carbons (Fsp3) is 0. The van der Waals surface area contributed by atoms with Gasteiger partial charge in [-0.15, -0.1) is 0 Å². The number of hydrogen-bond acceptors (Lipinski definition) is 0. The Bertz CT molecular complexity index is 3420. The third kappa shape index (κ3) is 4.33. The lowest BCUT2D eigenvalue weighted by molar-refractivity contribution is 1.17. The number of hydrogen-bond donors (Lipinski definition) is 0. The Morgan fingerprint density at radius 1 is 0.327 bits per heavy atom. The Balaban J connectivity index is 1.19. The smallest absolute Gasteiger partial charge is 0.218 e. The van der Waals surface area contributed by atoms with Crippen molar-refractivity contribution in [3.05, 3.63) is 199 Å². The Labute approximate surface area is 316 Å². The zero-order valence-electron chi connectivity index (χ0n) is 29.5. The molecule has 0 aliphatic heterocycles. The molecule has 5 nitrogen and oxygen atoms in total. The molecule has 55 heavy (non-hydrogen) atoms. The minimum atomic E-state index is 0.580. The van der Waals surface area contributed by atoms with Gasteiger partial charge in [0.2, 0.25) is 5.69 Å². The number of para-hydroxylation sites is 6. The van der Waals surface area contributed by atoms with Gasteiger partial charge in [0.05, 0.1) is 63.3 Å². The lowest BCUT2D eigenvalue weighted by atomic mass is 10.00. The van der Waals surface area contributed by atoms with Gasteiger partial charge in [-0.05, 0) is 77.2 Å². The van der Waals surface area contributed by atoms with Crippen molar-refractivity contribution in [2.45, 2.75) is 0 Å². The second kappa shape index (κ2) is 11.8. The van der Waals surface area contributed by atoms with E-state index < -0.39 is 0 Å². The van der Waals surface area contributed by atoms with Crippen LogP contribution in [-0.2, 0) is 0 Å². The fourth-order valence-corrected chi connectivity index (χ4v) is 8.86.